The van der Waals surface area contributed by atoms with E-state index in [2.05, 4.69) is 17.2 Å². The van der Waals surface area contributed by atoms with Crippen molar-refractivity contribution in [3.05, 3.63) is 23.3 Å². The molecule has 13 heavy (non-hydrogen) atoms. The van der Waals surface area contributed by atoms with Gasteiger partial charge in [0, 0.05) is 18.2 Å². The molecule has 1 unspecified atom stereocenters. The maximum atomic E-state index is 11.4. The molecule has 0 aromatic carbocycles. The third-order valence-electron chi connectivity index (χ3n) is 2.51. The minimum Gasteiger partial charge on any atom is -0.307 e. The van der Waals surface area contributed by atoms with Crippen LogP contribution in [0.25, 0.3) is 0 Å². The van der Waals surface area contributed by atoms with Crippen molar-refractivity contribution in [2.45, 2.75) is 13.3 Å². The number of amides is 1. The van der Waals surface area contributed by atoms with Crippen molar-refractivity contribution in [3.63, 3.8) is 0 Å². The first-order valence-corrected chi connectivity index (χ1v) is 4.43. The van der Waals surface area contributed by atoms with Crippen LogP contribution in [-0.2, 0) is 4.79 Å². The highest BCUT2D eigenvalue weighted by atomic mass is 16.2. The lowest BCUT2D eigenvalue weighted by Gasteiger charge is -2.14. The molecule has 0 saturated heterocycles. The lowest BCUT2D eigenvalue weighted by molar-refractivity contribution is -0.115. The van der Waals surface area contributed by atoms with E-state index >= 15 is 0 Å². The van der Waals surface area contributed by atoms with Gasteiger partial charge in [-0.1, -0.05) is 19.1 Å². The summed E-state index contributed by atoms with van der Waals surface area (Å²) in [5.41, 5.74) is 1.87. The third kappa shape index (κ3) is 1.11. The minimum atomic E-state index is -0.0154. The highest BCUT2D eigenvalue weighted by Gasteiger charge is 2.31. The highest BCUT2D eigenvalue weighted by molar-refractivity contribution is 6.23. The van der Waals surface area contributed by atoms with Gasteiger partial charge >= 0.3 is 0 Å². The van der Waals surface area contributed by atoms with Crippen LogP contribution >= 0.6 is 0 Å². The summed E-state index contributed by atoms with van der Waals surface area (Å²) in [5.74, 6) is 1.13. The van der Waals surface area contributed by atoms with E-state index < -0.39 is 0 Å². The predicted molar refractivity (Wildman–Crippen MR) is 51.4 cm³/mol. The average molecular weight is 176 g/mol. The summed E-state index contributed by atoms with van der Waals surface area (Å²) in [6, 6.07) is 0. The Kier molecular flexibility index (Phi) is 1.79. The van der Waals surface area contributed by atoms with Crippen LogP contribution in [0.1, 0.15) is 13.3 Å². The Morgan fingerprint density at radius 2 is 2.38 bits per heavy atom. The Morgan fingerprint density at radius 1 is 1.62 bits per heavy atom. The fraction of sp³-hybridized carbons (Fsp3) is 0.400. The first kappa shape index (κ1) is 8.23. The van der Waals surface area contributed by atoms with Crippen molar-refractivity contribution < 1.29 is 4.79 Å². The van der Waals surface area contributed by atoms with E-state index in [0.29, 0.717) is 5.92 Å². The molecular formula is C10H12N2O. The Labute approximate surface area is 77.2 Å². The van der Waals surface area contributed by atoms with E-state index in [4.69, 9.17) is 0 Å². The molecule has 0 spiro atoms. The zero-order valence-electron chi connectivity index (χ0n) is 7.79. The molecule has 1 atom stereocenters. The first-order valence-electron chi connectivity index (χ1n) is 4.43. The van der Waals surface area contributed by atoms with Gasteiger partial charge in [-0.25, -0.2) is 0 Å². The molecule has 2 aliphatic rings. The molecule has 1 aliphatic heterocycles. The second-order valence-corrected chi connectivity index (χ2v) is 3.39. The third-order valence-corrected chi connectivity index (χ3v) is 2.51. The topological polar surface area (TPSA) is 41.5 Å². The SMILES string of the molecule is CN=C1NC(=O)C2=C1C(C)CC=C2. The summed E-state index contributed by atoms with van der Waals surface area (Å²) in [6.07, 6.45) is 4.93. The number of carbonyl (C=O) groups is 1. The van der Waals surface area contributed by atoms with Crippen molar-refractivity contribution >= 4 is 11.7 Å². The molecule has 3 nitrogen and oxygen atoms in total. The molecule has 0 saturated carbocycles. The van der Waals surface area contributed by atoms with Gasteiger partial charge in [-0.05, 0) is 12.3 Å². The Hall–Kier alpha value is -1.38. The van der Waals surface area contributed by atoms with Gasteiger partial charge in [-0.15, -0.1) is 0 Å². The van der Waals surface area contributed by atoms with Crippen LogP contribution in [0.5, 0.6) is 0 Å². The van der Waals surface area contributed by atoms with Crippen LogP contribution in [-0.4, -0.2) is 18.8 Å². The molecule has 1 N–H and O–H groups in total. The predicted octanol–water partition coefficient (Wildman–Crippen LogP) is 1.04. The van der Waals surface area contributed by atoms with E-state index in [9.17, 15) is 4.79 Å². The van der Waals surface area contributed by atoms with Gasteiger partial charge < -0.3 is 5.32 Å². The summed E-state index contributed by atoms with van der Waals surface area (Å²) in [4.78, 5) is 15.5. The minimum absolute atomic E-state index is 0.0154. The maximum Gasteiger partial charge on any atom is 0.257 e. The highest BCUT2D eigenvalue weighted by Crippen LogP contribution is 2.29. The van der Waals surface area contributed by atoms with Crippen LogP contribution in [0.4, 0.5) is 0 Å². The molecule has 3 heteroatoms. The summed E-state index contributed by atoms with van der Waals surface area (Å²) in [5, 5.41) is 2.76. The molecule has 0 bridgehead atoms. The summed E-state index contributed by atoms with van der Waals surface area (Å²) >= 11 is 0. The number of allylic oxidation sites excluding steroid dienone is 1. The molecule has 68 valence electrons. The van der Waals surface area contributed by atoms with Crippen LogP contribution in [0.15, 0.2) is 28.3 Å². The smallest absolute Gasteiger partial charge is 0.257 e. The number of carbonyl (C=O) groups excluding carboxylic acids is 1. The zero-order chi connectivity index (χ0) is 9.42. The number of nitrogens with zero attached hydrogens (tertiary/aromatic N) is 1. The van der Waals surface area contributed by atoms with E-state index in [0.717, 1.165) is 23.4 Å². The Morgan fingerprint density at radius 3 is 3.08 bits per heavy atom. The lowest BCUT2D eigenvalue weighted by atomic mass is 9.89. The van der Waals surface area contributed by atoms with Crippen molar-refractivity contribution in [1.29, 1.82) is 0 Å². The van der Waals surface area contributed by atoms with Crippen LogP contribution < -0.4 is 5.32 Å². The molecule has 0 aromatic rings. The fourth-order valence-corrected chi connectivity index (χ4v) is 1.84. The van der Waals surface area contributed by atoms with Crippen LogP contribution in [0, 0.1) is 5.92 Å². The second kappa shape index (κ2) is 2.83. The van der Waals surface area contributed by atoms with Gasteiger partial charge in [0.15, 0.2) is 0 Å². The van der Waals surface area contributed by atoms with E-state index in [-0.39, 0.29) is 5.91 Å². The van der Waals surface area contributed by atoms with Crippen LogP contribution in [0.3, 0.4) is 0 Å². The molecule has 1 amide bonds. The van der Waals surface area contributed by atoms with Gasteiger partial charge in [0.1, 0.15) is 5.84 Å². The molecule has 2 rings (SSSR count). The van der Waals surface area contributed by atoms with E-state index in [1.54, 1.807) is 7.05 Å². The van der Waals surface area contributed by atoms with Crippen molar-refractivity contribution in [3.8, 4) is 0 Å². The van der Waals surface area contributed by atoms with Gasteiger partial charge in [-0.3, -0.25) is 9.79 Å². The number of rotatable bonds is 0. The van der Waals surface area contributed by atoms with E-state index in [1.807, 2.05) is 12.2 Å². The quantitative estimate of drug-likeness (QED) is 0.588. The summed E-state index contributed by atoms with van der Waals surface area (Å²) in [7, 11) is 1.70. The number of hydrogen-bond donors (Lipinski definition) is 1. The van der Waals surface area contributed by atoms with Crippen molar-refractivity contribution in [1.82, 2.24) is 5.32 Å². The molecule has 0 aromatic heterocycles. The monoisotopic (exact) mass is 176 g/mol. The average Bonchev–Trinajstić information content (AvgIpc) is 2.45. The Balaban J connectivity index is 2.52. The standard InChI is InChI=1S/C10H12N2O/c1-6-4-3-5-7-8(6)9(11-2)12-10(7)13/h3,5-6H,4H2,1-2H3,(H,11,12,13). The molecule has 0 radical (unpaired) electrons. The molecular weight excluding hydrogens is 164 g/mol. The largest absolute Gasteiger partial charge is 0.307 e. The Bertz CT molecular complexity index is 350. The van der Waals surface area contributed by atoms with Gasteiger partial charge in [0.05, 0.1) is 0 Å². The van der Waals surface area contributed by atoms with Gasteiger partial charge in [0.25, 0.3) is 5.91 Å². The van der Waals surface area contributed by atoms with E-state index in [1.165, 1.54) is 0 Å². The van der Waals surface area contributed by atoms with Crippen molar-refractivity contribution in [2.75, 3.05) is 7.05 Å². The maximum absolute atomic E-state index is 11.4. The zero-order valence-corrected chi connectivity index (χ0v) is 7.79. The van der Waals surface area contributed by atoms with Gasteiger partial charge in [-0.2, -0.15) is 0 Å². The number of amidine groups is 1. The lowest BCUT2D eigenvalue weighted by Crippen LogP contribution is -2.24. The molecule has 1 aliphatic carbocycles. The first-order chi connectivity index (χ1) is 6.24. The van der Waals surface area contributed by atoms with Crippen molar-refractivity contribution in [2.24, 2.45) is 10.9 Å². The molecule has 0 fully saturated rings. The van der Waals surface area contributed by atoms with Crippen LogP contribution in [0.2, 0.25) is 0 Å². The van der Waals surface area contributed by atoms with Gasteiger partial charge in [0.2, 0.25) is 0 Å². The summed E-state index contributed by atoms with van der Waals surface area (Å²) in [6.45, 7) is 2.12. The fourth-order valence-electron chi connectivity index (χ4n) is 1.84. The number of hydrogen-bond acceptors (Lipinski definition) is 2. The normalized spacial score (nSPS) is 29.5. The second-order valence-electron chi connectivity index (χ2n) is 3.39. The number of nitrogens with one attached hydrogen (secondary N) is 1. The molecule has 1 heterocycles. The summed E-state index contributed by atoms with van der Waals surface area (Å²) < 4.78 is 0. The number of aliphatic imine (C=N–C) groups is 1.